The van der Waals surface area contributed by atoms with Gasteiger partial charge in [-0.05, 0) is 50.0 Å². The van der Waals surface area contributed by atoms with Crippen LogP contribution in [0.15, 0.2) is 28.0 Å². The smallest absolute Gasteiger partial charge is 0.348 e. The van der Waals surface area contributed by atoms with Crippen LogP contribution < -0.4 is 20.5 Å². The maximum absolute atomic E-state index is 12.7. The van der Waals surface area contributed by atoms with Crippen LogP contribution >= 0.6 is 11.8 Å². The Balaban J connectivity index is 1.36. The lowest BCUT2D eigenvalue weighted by molar-refractivity contribution is -0.118. The molecule has 0 atom stereocenters. The number of fused-ring (bicyclic) bond motifs is 2. The maximum Gasteiger partial charge on any atom is 0.348 e. The molecule has 0 saturated carbocycles. The van der Waals surface area contributed by atoms with Crippen LogP contribution in [-0.4, -0.2) is 52.5 Å². The lowest BCUT2D eigenvalue weighted by Crippen LogP contribution is -2.34. The molecule has 9 heteroatoms. The SMILES string of the molecule is CCN(CC)CCn1c2c(c(SCC(=O)NCc3ccc4c(c3)OCO4)nc1=O)CCC2. The van der Waals surface area contributed by atoms with Crippen molar-refractivity contribution in [1.82, 2.24) is 19.8 Å². The fourth-order valence-electron chi connectivity index (χ4n) is 4.15. The molecule has 0 bridgehead atoms. The van der Waals surface area contributed by atoms with Gasteiger partial charge in [-0.15, -0.1) is 0 Å². The average Bonchev–Trinajstić information content (AvgIpc) is 3.47. The van der Waals surface area contributed by atoms with E-state index in [-0.39, 0.29) is 24.1 Å². The van der Waals surface area contributed by atoms with Crippen molar-refractivity contribution in [2.24, 2.45) is 0 Å². The van der Waals surface area contributed by atoms with Gasteiger partial charge >= 0.3 is 5.69 Å². The molecule has 2 heterocycles. The molecule has 32 heavy (non-hydrogen) atoms. The van der Waals surface area contributed by atoms with Gasteiger partial charge < -0.3 is 19.7 Å². The minimum absolute atomic E-state index is 0.0908. The van der Waals surface area contributed by atoms with Gasteiger partial charge in [0, 0.05) is 30.9 Å². The van der Waals surface area contributed by atoms with E-state index in [1.165, 1.54) is 11.8 Å². The van der Waals surface area contributed by atoms with Crippen molar-refractivity contribution in [3.8, 4) is 11.5 Å². The van der Waals surface area contributed by atoms with E-state index < -0.39 is 0 Å². The van der Waals surface area contributed by atoms with Crippen LogP contribution in [-0.2, 0) is 30.7 Å². The van der Waals surface area contributed by atoms with Crippen molar-refractivity contribution in [1.29, 1.82) is 0 Å². The van der Waals surface area contributed by atoms with E-state index in [1.807, 2.05) is 22.8 Å². The highest BCUT2D eigenvalue weighted by Gasteiger charge is 2.22. The molecular formula is C23H30N4O4S. The molecule has 0 spiro atoms. The number of hydrogen-bond acceptors (Lipinski definition) is 7. The number of amides is 1. The first-order valence-corrected chi connectivity index (χ1v) is 12.2. The van der Waals surface area contributed by atoms with E-state index in [9.17, 15) is 9.59 Å². The van der Waals surface area contributed by atoms with Crippen molar-refractivity contribution in [2.45, 2.75) is 51.2 Å². The zero-order valence-corrected chi connectivity index (χ0v) is 19.5. The van der Waals surface area contributed by atoms with Gasteiger partial charge in [-0.1, -0.05) is 31.7 Å². The van der Waals surface area contributed by atoms with Crippen molar-refractivity contribution in [3.63, 3.8) is 0 Å². The van der Waals surface area contributed by atoms with Gasteiger partial charge in [-0.3, -0.25) is 9.36 Å². The molecule has 1 aromatic heterocycles. The summed E-state index contributed by atoms with van der Waals surface area (Å²) in [7, 11) is 0. The minimum atomic E-state index is -0.207. The number of nitrogens with zero attached hydrogens (tertiary/aromatic N) is 3. The highest BCUT2D eigenvalue weighted by Crippen LogP contribution is 2.32. The van der Waals surface area contributed by atoms with Crippen LogP contribution in [0.2, 0.25) is 0 Å². The zero-order chi connectivity index (χ0) is 22.5. The summed E-state index contributed by atoms with van der Waals surface area (Å²) in [5, 5.41) is 3.64. The van der Waals surface area contributed by atoms with Gasteiger partial charge in [0.2, 0.25) is 12.7 Å². The predicted molar refractivity (Wildman–Crippen MR) is 123 cm³/mol. The number of carbonyl (C=O) groups excluding carboxylic acids is 1. The second-order valence-corrected chi connectivity index (χ2v) is 8.87. The fourth-order valence-corrected chi connectivity index (χ4v) is 5.06. The van der Waals surface area contributed by atoms with Gasteiger partial charge in [0.1, 0.15) is 5.03 Å². The molecule has 0 radical (unpaired) electrons. The molecule has 0 unspecified atom stereocenters. The van der Waals surface area contributed by atoms with Crippen LogP contribution in [0.25, 0.3) is 0 Å². The van der Waals surface area contributed by atoms with Crippen LogP contribution in [0.4, 0.5) is 0 Å². The Labute approximate surface area is 192 Å². The lowest BCUT2D eigenvalue weighted by Gasteiger charge is -2.20. The van der Waals surface area contributed by atoms with Gasteiger partial charge in [0.15, 0.2) is 11.5 Å². The standard InChI is InChI=1S/C23H30N4O4S/c1-3-26(4-2)10-11-27-18-7-5-6-17(18)22(25-23(27)29)32-14-21(28)24-13-16-8-9-19-20(12-16)31-15-30-19/h8-9,12H,3-7,10-11,13-15H2,1-2H3,(H,24,28). The second kappa shape index (κ2) is 10.4. The molecule has 1 aliphatic carbocycles. The number of likely N-dealkylation sites (N-methyl/N-ethyl adjacent to an activating group) is 1. The summed E-state index contributed by atoms with van der Waals surface area (Å²) in [6, 6.07) is 5.64. The molecule has 8 nitrogen and oxygen atoms in total. The number of rotatable bonds is 10. The summed E-state index contributed by atoms with van der Waals surface area (Å²) in [5.74, 6) is 1.56. The lowest BCUT2D eigenvalue weighted by atomic mass is 10.2. The Hall–Kier alpha value is -2.52. The summed E-state index contributed by atoms with van der Waals surface area (Å²) in [4.78, 5) is 31.8. The molecule has 4 rings (SSSR count). The first-order chi connectivity index (χ1) is 15.6. The third-order valence-electron chi connectivity index (χ3n) is 6.00. The normalized spacial score (nSPS) is 14.1. The summed E-state index contributed by atoms with van der Waals surface area (Å²) >= 11 is 1.35. The highest BCUT2D eigenvalue weighted by molar-refractivity contribution is 7.99. The van der Waals surface area contributed by atoms with E-state index in [0.29, 0.717) is 23.9 Å². The number of benzene rings is 1. The van der Waals surface area contributed by atoms with E-state index in [2.05, 4.69) is 29.0 Å². The molecule has 1 aliphatic heterocycles. The van der Waals surface area contributed by atoms with Gasteiger partial charge in [0.25, 0.3) is 0 Å². The molecule has 1 N–H and O–H groups in total. The van der Waals surface area contributed by atoms with Crippen molar-refractivity contribution >= 4 is 17.7 Å². The highest BCUT2D eigenvalue weighted by atomic mass is 32.2. The Morgan fingerprint density at radius 1 is 1.22 bits per heavy atom. The Morgan fingerprint density at radius 2 is 2.03 bits per heavy atom. The molecule has 2 aromatic rings. The van der Waals surface area contributed by atoms with Crippen molar-refractivity contribution in [2.75, 3.05) is 32.2 Å². The Bertz CT molecular complexity index is 1040. The van der Waals surface area contributed by atoms with Crippen LogP contribution in [0.3, 0.4) is 0 Å². The first-order valence-electron chi connectivity index (χ1n) is 11.2. The molecule has 1 amide bonds. The van der Waals surface area contributed by atoms with E-state index >= 15 is 0 Å². The molecule has 0 fully saturated rings. The monoisotopic (exact) mass is 458 g/mol. The van der Waals surface area contributed by atoms with Crippen molar-refractivity contribution in [3.05, 3.63) is 45.5 Å². The van der Waals surface area contributed by atoms with Crippen LogP contribution in [0, 0.1) is 0 Å². The van der Waals surface area contributed by atoms with E-state index in [1.54, 1.807) is 0 Å². The number of thioether (sulfide) groups is 1. The van der Waals surface area contributed by atoms with Crippen LogP contribution in [0.5, 0.6) is 11.5 Å². The largest absolute Gasteiger partial charge is 0.454 e. The Morgan fingerprint density at radius 3 is 2.84 bits per heavy atom. The number of carbonyl (C=O) groups is 1. The second-order valence-electron chi connectivity index (χ2n) is 7.91. The Kier molecular flexibility index (Phi) is 7.36. The number of hydrogen-bond donors (Lipinski definition) is 1. The average molecular weight is 459 g/mol. The molecule has 0 saturated heterocycles. The molecule has 1 aromatic carbocycles. The fraction of sp³-hybridized carbons (Fsp3) is 0.522. The minimum Gasteiger partial charge on any atom is -0.454 e. The maximum atomic E-state index is 12.7. The molecular weight excluding hydrogens is 428 g/mol. The third kappa shape index (κ3) is 5.10. The van der Waals surface area contributed by atoms with E-state index in [4.69, 9.17) is 9.47 Å². The van der Waals surface area contributed by atoms with E-state index in [0.717, 1.165) is 61.5 Å². The number of nitrogens with one attached hydrogen (secondary N) is 1. The summed E-state index contributed by atoms with van der Waals surface area (Å²) < 4.78 is 12.5. The number of ether oxygens (including phenoxy) is 2. The van der Waals surface area contributed by atoms with Gasteiger partial charge in [0.05, 0.1) is 5.75 Å². The number of aromatic nitrogens is 2. The first kappa shape index (κ1) is 22.7. The van der Waals surface area contributed by atoms with Crippen LogP contribution in [0.1, 0.15) is 37.1 Å². The quantitative estimate of drug-likeness (QED) is 0.432. The summed E-state index contributed by atoms with van der Waals surface area (Å²) in [5.41, 5.74) is 2.97. The van der Waals surface area contributed by atoms with Gasteiger partial charge in [-0.2, -0.15) is 4.98 Å². The molecule has 2 aliphatic rings. The third-order valence-corrected chi connectivity index (χ3v) is 7.02. The predicted octanol–water partition coefficient (Wildman–Crippen LogP) is 2.21. The topological polar surface area (TPSA) is 85.7 Å². The molecule has 172 valence electrons. The van der Waals surface area contributed by atoms with Crippen molar-refractivity contribution < 1.29 is 14.3 Å². The zero-order valence-electron chi connectivity index (χ0n) is 18.7. The summed E-state index contributed by atoms with van der Waals surface area (Å²) in [6.07, 6.45) is 2.83. The van der Waals surface area contributed by atoms with Gasteiger partial charge in [-0.25, -0.2) is 4.79 Å². The summed E-state index contributed by atoms with van der Waals surface area (Å²) in [6.45, 7) is 8.35.